The van der Waals surface area contributed by atoms with Gasteiger partial charge >= 0.3 is 6.18 Å². The molecule has 29 heavy (non-hydrogen) atoms. The Kier molecular flexibility index (Phi) is 5.84. The molecule has 8 heteroatoms. The molecule has 0 saturated carbocycles. The number of alkyl halides is 3. The molecule has 1 heterocycles. The van der Waals surface area contributed by atoms with E-state index in [1.54, 1.807) is 36.4 Å². The lowest BCUT2D eigenvalue weighted by atomic mass is 10.1. The number of fused-ring (bicyclic) bond motifs is 1. The van der Waals surface area contributed by atoms with Gasteiger partial charge in [0.1, 0.15) is 5.03 Å². The zero-order valence-electron chi connectivity index (χ0n) is 16.2. The van der Waals surface area contributed by atoms with Crippen LogP contribution in [-0.2, 0) is 11.0 Å². The highest BCUT2D eigenvalue weighted by molar-refractivity contribution is 8.00. The fraction of sp³-hybridized carbons (Fsp3) is 0.286. The van der Waals surface area contributed by atoms with Crippen molar-refractivity contribution in [3.8, 4) is 11.4 Å². The number of nitrogens with zero attached hydrogens (tertiary/aromatic N) is 2. The molecule has 1 aromatic heterocycles. The molecule has 1 amide bonds. The van der Waals surface area contributed by atoms with Crippen molar-refractivity contribution in [1.29, 1.82) is 0 Å². The van der Waals surface area contributed by atoms with Gasteiger partial charge in [-0.25, -0.2) is 9.97 Å². The average Bonchev–Trinajstić information content (AvgIpc) is 2.64. The molecule has 0 atom stereocenters. The van der Waals surface area contributed by atoms with Crippen molar-refractivity contribution in [1.82, 2.24) is 15.3 Å². The van der Waals surface area contributed by atoms with E-state index in [1.807, 2.05) is 20.8 Å². The van der Waals surface area contributed by atoms with Crippen LogP contribution in [-0.4, -0.2) is 27.2 Å². The number of halogens is 3. The van der Waals surface area contributed by atoms with Crippen LogP contribution in [0.5, 0.6) is 0 Å². The van der Waals surface area contributed by atoms with Gasteiger partial charge in [-0.3, -0.25) is 4.79 Å². The van der Waals surface area contributed by atoms with Crippen LogP contribution in [0.15, 0.2) is 53.6 Å². The Morgan fingerprint density at radius 2 is 1.69 bits per heavy atom. The van der Waals surface area contributed by atoms with E-state index in [0.29, 0.717) is 10.6 Å². The summed E-state index contributed by atoms with van der Waals surface area (Å²) < 4.78 is 40.7. The van der Waals surface area contributed by atoms with Gasteiger partial charge in [0.25, 0.3) is 0 Å². The van der Waals surface area contributed by atoms with Crippen LogP contribution >= 0.6 is 11.8 Å². The molecule has 1 N–H and O–H groups in total. The van der Waals surface area contributed by atoms with Crippen LogP contribution in [0.25, 0.3) is 22.3 Å². The third-order valence-corrected chi connectivity index (χ3v) is 4.87. The zero-order valence-corrected chi connectivity index (χ0v) is 17.0. The minimum Gasteiger partial charge on any atom is -0.351 e. The highest BCUT2D eigenvalue weighted by Crippen LogP contribution is 2.37. The topological polar surface area (TPSA) is 54.9 Å². The number of carbonyl (C=O) groups is 1. The summed E-state index contributed by atoms with van der Waals surface area (Å²) in [4.78, 5) is 20.9. The first kappa shape index (κ1) is 21.1. The normalized spacial score (nSPS) is 12.2. The van der Waals surface area contributed by atoms with Crippen molar-refractivity contribution >= 4 is 28.6 Å². The van der Waals surface area contributed by atoms with Gasteiger partial charge in [-0.2, -0.15) is 13.2 Å². The number of benzene rings is 2. The second-order valence-corrected chi connectivity index (χ2v) is 8.47. The van der Waals surface area contributed by atoms with Gasteiger partial charge in [0.05, 0.1) is 16.8 Å². The summed E-state index contributed by atoms with van der Waals surface area (Å²) in [5, 5.41) is 3.44. The Balaban J connectivity index is 2.09. The quantitative estimate of drug-likeness (QED) is 0.459. The van der Waals surface area contributed by atoms with E-state index in [0.717, 1.165) is 17.8 Å². The van der Waals surface area contributed by atoms with Crippen molar-refractivity contribution in [3.63, 3.8) is 0 Å². The summed E-state index contributed by atoms with van der Waals surface area (Å²) in [5.74, 6) is 0.00412. The SMILES string of the molecule is CC(C)(C)NC(=O)CSc1nc(-c2ccccc2)nc2c(C(F)(F)F)cccc12. The van der Waals surface area contributed by atoms with Gasteiger partial charge in [0.2, 0.25) is 5.91 Å². The summed E-state index contributed by atoms with van der Waals surface area (Å²) in [5.41, 5.74) is -0.792. The Bertz CT molecular complexity index is 1030. The fourth-order valence-electron chi connectivity index (χ4n) is 2.77. The van der Waals surface area contributed by atoms with Gasteiger partial charge in [-0.15, -0.1) is 0 Å². The lowest BCUT2D eigenvalue weighted by Crippen LogP contribution is -2.41. The maximum Gasteiger partial charge on any atom is 0.418 e. The van der Waals surface area contributed by atoms with E-state index in [4.69, 9.17) is 0 Å². The van der Waals surface area contributed by atoms with Crippen LogP contribution in [0.1, 0.15) is 26.3 Å². The summed E-state index contributed by atoms with van der Waals surface area (Å²) >= 11 is 1.10. The number of hydrogen-bond donors (Lipinski definition) is 1. The monoisotopic (exact) mass is 419 g/mol. The average molecular weight is 419 g/mol. The van der Waals surface area contributed by atoms with Gasteiger partial charge < -0.3 is 5.32 Å². The lowest BCUT2D eigenvalue weighted by Gasteiger charge is -2.20. The van der Waals surface area contributed by atoms with Gasteiger partial charge in [-0.1, -0.05) is 54.2 Å². The molecule has 152 valence electrons. The number of nitrogens with one attached hydrogen (secondary N) is 1. The first-order chi connectivity index (χ1) is 13.5. The molecule has 4 nitrogen and oxygen atoms in total. The van der Waals surface area contributed by atoms with Gasteiger partial charge in [-0.05, 0) is 26.8 Å². The Morgan fingerprint density at radius 3 is 2.31 bits per heavy atom. The highest BCUT2D eigenvalue weighted by atomic mass is 32.2. The lowest BCUT2D eigenvalue weighted by molar-refractivity contribution is -0.136. The van der Waals surface area contributed by atoms with Crippen molar-refractivity contribution in [2.24, 2.45) is 0 Å². The smallest absolute Gasteiger partial charge is 0.351 e. The van der Waals surface area contributed by atoms with Crippen molar-refractivity contribution in [3.05, 3.63) is 54.1 Å². The van der Waals surface area contributed by atoms with Crippen molar-refractivity contribution in [2.75, 3.05) is 5.75 Å². The van der Waals surface area contributed by atoms with Crippen LogP contribution in [0.3, 0.4) is 0 Å². The van der Waals surface area contributed by atoms with Crippen molar-refractivity contribution in [2.45, 2.75) is 37.5 Å². The molecular formula is C21H20F3N3OS. The Hall–Kier alpha value is -2.61. The maximum absolute atomic E-state index is 13.6. The fourth-order valence-corrected chi connectivity index (χ4v) is 3.58. The molecule has 0 saturated heterocycles. The van der Waals surface area contributed by atoms with E-state index in [1.165, 1.54) is 6.07 Å². The van der Waals surface area contributed by atoms with E-state index in [2.05, 4.69) is 15.3 Å². The van der Waals surface area contributed by atoms with Crippen LogP contribution in [0.4, 0.5) is 13.2 Å². The number of aromatic nitrogens is 2. The van der Waals surface area contributed by atoms with Gasteiger partial charge in [0.15, 0.2) is 5.82 Å². The standard InChI is InChI=1S/C21H20F3N3OS/c1-20(2,3)27-16(28)12-29-19-14-10-7-11-15(21(22,23)24)17(14)25-18(26-19)13-8-5-4-6-9-13/h4-11H,12H2,1-3H3,(H,27,28). The number of rotatable bonds is 4. The molecule has 0 aliphatic rings. The van der Waals surface area contributed by atoms with E-state index < -0.39 is 17.3 Å². The number of hydrogen-bond acceptors (Lipinski definition) is 4. The molecular weight excluding hydrogens is 399 g/mol. The zero-order chi connectivity index (χ0) is 21.2. The van der Waals surface area contributed by atoms with E-state index in [-0.39, 0.29) is 28.4 Å². The minimum absolute atomic E-state index is 0.0356. The molecule has 0 radical (unpaired) electrons. The van der Waals surface area contributed by atoms with Gasteiger partial charge in [0, 0.05) is 16.5 Å². The summed E-state index contributed by atoms with van der Waals surface area (Å²) in [6, 6.07) is 12.7. The molecule has 0 bridgehead atoms. The molecule has 2 aromatic carbocycles. The Morgan fingerprint density at radius 1 is 1.00 bits per heavy atom. The van der Waals surface area contributed by atoms with E-state index in [9.17, 15) is 18.0 Å². The molecule has 0 aliphatic carbocycles. The number of amides is 1. The first-order valence-corrected chi connectivity index (χ1v) is 9.90. The van der Waals surface area contributed by atoms with Crippen LogP contribution in [0.2, 0.25) is 0 Å². The molecule has 3 aromatic rings. The number of carbonyl (C=O) groups excluding carboxylic acids is 1. The predicted octanol–water partition coefficient (Wildman–Crippen LogP) is 5.32. The largest absolute Gasteiger partial charge is 0.418 e. The Labute approximate surface area is 170 Å². The molecule has 0 fully saturated rings. The third-order valence-electron chi connectivity index (χ3n) is 3.88. The van der Waals surface area contributed by atoms with Crippen LogP contribution < -0.4 is 5.32 Å². The van der Waals surface area contributed by atoms with E-state index >= 15 is 0 Å². The number of thioether (sulfide) groups is 1. The molecule has 3 rings (SSSR count). The molecule has 0 aliphatic heterocycles. The summed E-state index contributed by atoms with van der Waals surface area (Å²) in [6.45, 7) is 5.58. The molecule has 0 spiro atoms. The highest BCUT2D eigenvalue weighted by Gasteiger charge is 2.34. The number of para-hydroxylation sites is 1. The predicted molar refractivity (Wildman–Crippen MR) is 109 cm³/mol. The second-order valence-electron chi connectivity index (χ2n) is 7.50. The summed E-state index contributed by atoms with van der Waals surface area (Å²) in [6.07, 6.45) is -4.55. The first-order valence-electron chi connectivity index (χ1n) is 8.92. The van der Waals surface area contributed by atoms with Crippen molar-refractivity contribution < 1.29 is 18.0 Å². The maximum atomic E-state index is 13.6. The molecule has 0 unspecified atom stereocenters. The second kappa shape index (κ2) is 8.02. The van der Waals surface area contributed by atoms with Crippen LogP contribution in [0, 0.1) is 0 Å². The minimum atomic E-state index is -4.55. The summed E-state index contributed by atoms with van der Waals surface area (Å²) in [7, 11) is 0. The third kappa shape index (κ3) is 5.26.